The molecule has 9 N–H and O–H groups in total. The van der Waals surface area contributed by atoms with Gasteiger partial charge in [0.05, 0.1) is 6.61 Å². The van der Waals surface area contributed by atoms with Crippen molar-refractivity contribution in [2.75, 3.05) is 13.2 Å². The van der Waals surface area contributed by atoms with Gasteiger partial charge >= 0.3 is 43.2 Å². The lowest BCUT2D eigenvalue weighted by Gasteiger charge is -2.45. The van der Waals surface area contributed by atoms with Crippen LogP contribution in [0.4, 0.5) is 0 Å². The number of esters is 2. The van der Waals surface area contributed by atoms with Gasteiger partial charge in [0, 0.05) is 12.8 Å². The summed E-state index contributed by atoms with van der Waals surface area (Å²) in [4.78, 5) is 92.9. The van der Waals surface area contributed by atoms with E-state index in [0.717, 1.165) is 70.6 Å². The normalized spacial score (nSPS) is 21.5. The molecule has 0 amide bonds. The number of ether oxygens (including phenoxy) is 2. The lowest BCUT2D eigenvalue weighted by molar-refractivity contribution is -0.209. The molecular formula is C45H86O22P4. The molecule has 1 fully saturated rings. The molecule has 26 heteroatoms. The fraction of sp³-hybridized carbons (Fsp3) is 0.867. The van der Waals surface area contributed by atoms with Crippen LogP contribution in [0.3, 0.4) is 0 Å². The van der Waals surface area contributed by atoms with Crippen molar-refractivity contribution in [2.45, 2.75) is 236 Å². The zero-order valence-corrected chi connectivity index (χ0v) is 45.3. The summed E-state index contributed by atoms with van der Waals surface area (Å²) in [5.41, 5.74) is 0. The van der Waals surface area contributed by atoms with Crippen LogP contribution in [0.25, 0.3) is 0 Å². The van der Waals surface area contributed by atoms with Gasteiger partial charge in [-0.3, -0.25) is 32.2 Å². The smallest absolute Gasteiger partial charge is 0.462 e. The van der Waals surface area contributed by atoms with Crippen molar-refractivity contribution in [3.63, 3.8) is 0 Å². The van der Waals surface area contributed by atoms with E-state index in [4.69, 9.17) is 18.5 Å². The van der Waals surface area contributed by atoms with Crippen molar-refractivity contribution in [1.29, 1.82) is 0 Å². The highest BCUT2D eigenvalue weighted by Crippen LogP contribution is 2.53. The molecule has 0 bridgehead atoms. The van der Waals surface area contributed by atoms with Crippen molar-refractivity contribution in [1.82, 2.24) is 0 Å². The largest absolute Gasteiger partial charge is 0.472 e. The third kappa shape index (κ3) is 36.4. The molecule has 71 heavy (non-hydrogen) atoms. The van der Waals surface area contributed by atoms with Gasteiger partial charge in [0.25, 0.3) is 0 Å². The van der Waals surface area contributed by atoms with Crippen LogP contribution in [0, 0.1) is 0 Å². The first-order valence-corrected chi connectivity index (χ1v) is 31.5. The predicted octanol–water partition coefficient (Wildman–Crippen LogP) is 9.19. The molecule has 22 nitrogen and oxygen atoms in total. The maximum Gasteiger partial charge on any atom is 0.472 e. The third-order valence-corrected chi connectivity index (χ3v) is 14.0. The Morgan fingerprint density at radius 1 is 0.437 bits per heavy atom. The average molecular weight is 1100 g/mol. The van der Waals surface area contributed by atoms with Gasteiger partial charge in [-0.05, 0) is 64.2 Å². The fourth-order valence-electron chi connectivity index (χ4n) is 7.78. The predicted molar refractivity (Wildman–Crippen MR) is 263 cm³/mol. The number of hydrogen-bond donors (Lipinski definition) is 9. The van der Waals surface area contributed by atoms with Crippen LogP contribution >= 0.6 is 31.3 Å². The van der Waals surface area contributed by atoms with Gasteiger partial charge in [0.2, 0.25) is 0 Å². The number of unbranched alkanes of at least 4 members (excludes halogenated alkanes) is 22. The number of carbonyl (C=O) groups excluding carboxylic acids is 2. The standard InChI is InChI=1S/C45H86O22P4/c1-3-5-7-9-11-13-15-17-19-21-23-25-27-29-31-33-38(46)61-35-37(63-39(47)34-32-30-28-26-24-22-20-18-16-14-12-10-8-6-4-2)36-62-71(59,60)67-42-40(48)43(64-68(50,51)52)45(66-70(56,57)58)44(41(42)49)65-69(53,54)55/h17-20,37,40-45,48-49H,3-16,21-36H2,1-2H3,(H,59,60)(H2,50,51,52)(H2,53,54,55)(H2,56,57,58). The van der Waals surface area contributed by atoms with Crippen LogP contribution in [-0.4, -0.2) is 112 Å². The molecule has 1 aliphatic rings. The lowest BCUT2D eigenvalue weighted by Crippen LogP contribution is -2.65. The number of phosphoric ester groups is 4. The van der Waals surface area contributed by atoms with Crippen molar-refractivity contribution in [3.05, 3.63) is 24.3 Å². The van der Waals surface area contributed by atoms with E-state index in [-0.39, 0.29) is 12.8 Å². The highest BCUT2D eigenvalue weighted by Gasteiger charge is 2.59. The minimum absolute atomic E-state index is 0.0239. The summed E-state index contributed by atoms with van der Waals surface area (Å²) < 4.78 is 82.2. The Hall–Kier alpha value is -1.22. The number of aliphatic hydroxyl groups excluding tert-OH is 2. The quantitative estimate of drug-likeness (QED) is 0.0119. The van der Waals surface area contributed by atoms with E-state index in [2.05, 4.69) is 51.7 Å². The second kappa shape index (κ2) is 38.3. The molecule has 6 atom stereocenters. The first-order chi connectivity index (χ1) is 33.5. The summed E-state index contributed by atoms with van der Waals surface area (Å²) in [6.45, 7) is 2.74. The summed E-state index contributed by atoms with van der Waals surface area (Å²) in [5.74, 6) is -1.42. The molecule has 0 spiro atoms. The van der Waals surface area contributed by atoms with Crippen molar-refractivity contribution in [2.24, 2.45) is 0 Å². The maximum absolute atomic E-state index is 13.3. The Morgan fingerprint density at radius 3 is 1.15 bits per heavy atom. The SMILES string of the molecule is CCCCCCCCC=CCCCCCCCC(=O)OCC(COP(=O)(O)OC1C(O)C(OP(=O)(O)O)C(OP(=O)(O)O)C(OP(=O)(O)O)C1O)OC(=O)CCCCCCCC=CCCCCCCCC. The summed E-state index contributed by atoms with van der Waals surface area (Å²) in [5, 5.41) is 21.9. The van der Waals surface area contributed by atoms with Crippen LogP contribution in [0.5, 0.6) is 0 Å². The monoisotopic (exact) mass is 1100 g/mol. The summed E-state index contributed by atoms with van der Waals surface area (Å²) >= 11 is 0. The number of hydrogen-bond acceptors (Lipinski definition) is 15. The van der Waals surface area contributed by atoms with E-state index in [9.17, 15) is 72.3 Å². The summed E-state index contributed by atoms with van der Waals surface area (Å²) in [7, 11) is -23.0. The number of carbonyl (C=O) groups is 2. The number of aliphatic hydroxyl groups is 2. The van der Waals surface area contributed by atoms with Crippen LogP contribution in [-0.2, 0) is 59.9 Å². The van der Waals surface area contributed by atoms with Crippen LogP contribution < -0.4 is 0 Å². The van der Waals surface area contributed by atoms with Crippen LogP contribution in [0.1, 0.15) is 194 Å². The Balaban J connectivity index is 2.89. The van der Waals surface area contributed by atoms with Gasteiger partial charge in [0.1, 0.15) is 43.2 Å². The Bertz CT molecular complexity index is 1650. The zero-order valence-electron chi connectivity index (χ0n) is 41.7. The number of allylic oxidation sites excluding steroid dienone is 4. The minimum atomic E-state index is -5.79. The molecule has 0 radical (unpaired) electrons. The highest BCUT2D eigenvalue weighted by atomic mass is 31.2. The van der Waals surface area contributed by atoms with Crippen molar-refractivity contribution >= 4 is 43.2 Å². The molecule has 418 valence electrons. The minimum Gasteiger partial charge on any atom is -0.462 e. The average Bonchev–Trinajstić information content (AvgIpc) is 3.27. The van der Waals surface area contributed by atoms with Gasteiger partial charge in [0.15, 0.2) is 6.10 Å². The van der Waals surface area contributed by atoms with Crippen molar-refractivity contribution in [3.8, 4) is 0 Å². The molecule has 1 aliphatic carbocycles. The van der Waals surface area contributed by atoms with Gasteiger partial charge in [-0.1, -0.05) is 141 Å². The fourth-order valence-corrected chi connectivity index (χ4v) is 10.4. The second-order valence-corrected chi connectivity index (χ2v) is 22.9. The van der Waals surface area contributed by atoms with Crippen LogP contribution in [0.15, 0.2) is 24.3 Å². The second-order valence-electron chi connectivity index (χ2n) is 18.0. The topological polar surface area (TPSA) is 349 Å². The Morgan fingerprint density at radius 2 is 0.775 bits per heavy atom. The van der Waals surface area contributed by atoms with Gasteiger partial charge in [-0.2, -0.15) is 0 Å². The van der Waals surface area contributed by atoms with Crippen LogP contribution in [0.2, 0.25) is 0 Å². The van der Waals surface area contributed by atoms with E-state index < -0.39 is 99.2 Å². The first kappa shape index (κ1) is 67.8. The summed E-state index contributed by atoms with van der Waals surface area (Å²) in [6.07, 6.45) is 18.1. The van der Waals surface area contributed by atoms with Gasteiger partial charge < -0.3 is 53.9 Å². The third-order valence-electron chi connectivity index (χ3n) is 11.5. The van der Waals surface area contributed by atoms with E-state index in [0.29, 0.717) is 19.3 Å². The Labute approximate surface area is 420 Å². The Kier molecular flexibility index (Phi) is 36.6. The van der Waals surface area contributed by atoms with E-state index in [1.54, 1.807) is 0 Å². The van der Waals surface area contributed by atoms with E-state index in [1.807, 2.05) is 0 Å². The molecule has 0 saturated heterocycles. The molecular weight excluding hydrogens is 1020 g/mol. The molecule has 0 heterocycles. The molecule has 0 aromatic carbocycles. The van der Waals surface area contributed by atoms with Crippen molar-refractivity contribution < 1.29 is 104 Å². The lowest BCUT2D eigenvalue weighted by atomic mass is 9.85. The maximum atomic E-state index is 13.3. The van der Waals surface area contributed by atoms with Gasteiger partial charge in [-0.25, -0.2) is 18.3 Å². The van der Waals surface area contributed by atoms with Gasteiger partial charge in [-0.15, -0.1) is 0 Å². The molecule has 1 saturated carbocycles. The first-order valence-electron chi connectivity index (χ1n) is 25.4. The van der Waals surface area contributed by atoms with E-state index in [1.165, 1.54) is 77.0 Å². The zero-order chi connectivity index (χ0) is 53.2. The molecule has 0 aliphatic heterocycles. The molecule has 0 aromatic heterocycles. The molecule has 0 aromatic rings. The number of rotatable bonds is 44. The highest BCUT2D eigenvalue weighted by molar-refractivity contribution is 7.47. The number of phosphoric acid groups is 4. The summed E-state index contributed by atoms with van der Waals surface area (Å²) in [6, 6.07) is 0. The molecule has 1 rings (SSSR count). The van der Waals surface area contributed by atoms with E-state index >= 15 is 0 Å². The molecule has 6 unspecified atom stereocenters.